The van der Waals surface area contributed by atoms with E-state index in [-0.39, 0.29) is 24.1 Å². The van der Waals surface area contributed by atoms with E-state index in [9.17, 15) is 14.0 Å². The van der Waals surface area contributed by atoms with Gasteiger partial charge in [-0.1, -0.05) is 11.8 Å². The van der Waals surface area contributed by atoms with Crippen LogP contribution in [0.5, 0.6) is 5.75 Å². The van der Waals surface area contributed by atoms with Crippen LogP contribution in [0.4, 0.5) is 15.8 Å². The molecule has 1 atom stereocenters. The Morgan fingerprint density at radius 1 is 1.21 bits per heavy atom. The van der Waals surface area contributed by atoms with Crippen molar-refractivity contribution in [3.63, 3.8) is 0 Å². The molecule has 0 radical (unpaired) electrons. The van der Waals surface area contributed by atoms with Gasteiger partial charge in [0.25, 0.3) is 0 Å². The molecule has 28 heavy (non-hydrogen) atoms. The first-order chi connectivity index (χ1) is 13.5. The Morgan fingerprint density at radius 3 is 2.50 bits per heavy atom. The van der Waals surface area contributed by atoms with E-state index < -0.39 is 5.25 Å². The second-order valence-electron chi connectivity index (χ2n) is 5.97. The summed E-state index contributed by atoms with van der Waals surface area (Å²) in [6.07, 6.45) is 0.0842. The average Bonchev–Trinajstić information content (AvgIpc) is 2.97. The first-order valence-electron chi connectivity index (χ1n) is 8.77. The van der Waals surface area contributed by atoms with Gasteiger partial charge in [-0.15, -0.1) is 0 Å². The fourth-order valence-corrected chi connectivity index (χ4v) is 3.74. The summed E-state index contributed by atoms with van der Waals surface area (Å²) >= 11 is 1.18. The molecule has 1 saturated heterocycles. The molecule has 1 aliphatic rings. The molecule has 0 aromatic heterocycles. The topological polar surface area (TPSA) is 71.0 Å². The number of imide groups is 1. The van der Waals surface area contributed by atoms with Crippen LogP contribution in [0.15, 0.2) is 53.5 Å². The Morgan fingerprint density at radius 2 is 1.89 bits per heavy atom. The quantitative estimate of drug-likeness (QED) is 0.470. The predicted octanol–water partition coefficient (Wildman–Crippen LogP) is 3.69. The van der Waals surface area contributed by atoms with E-state index in [4.69, 9.17) is 4.74 Å². The number of rotatable bonds is 5. The largest absolute Gasteiger partial charge is 0.494 e. The third-order valence-electron chi connectivity index (χ3n) is 4.06. The Hall–Kier alpha value is -2.87. The summed E-state index contributed by atoms with van der Waals surface area (Å²) < 4.78 is 18.4. The summed E-state index contributed by atoms with van der Waals surface area (Å²) in [7, 11) is 1.59. The molecule has 0 unspecified atom stereocenters. The van der Waals surface area contributed by atoms with Crippen molar-refractivity contribution in [2.24, 2.45) is 4.99 Å². The number of hydrogen-bond acceptors (Lipinski definition) is 5. The van der Waals surface area contributed by atoms with Gasteiger partial charge in [0, 0.05) is 19.2 Å². The fourth-order valence-electron chi connectivity index (χ4n) is 2.76. The molecule has 146 valence electrons. The van der Waals surface area contributed by atoms with Gasteiger partial charge < -0.3 is 10.1 Å². The van der Waals surface area contributed by atoms with Crippen LogP contribution in [0.25, 0.3) is 0 Å². The number of aliphatic imine (C=N–C) groups is 1. The van der Waals surface area contributed by atoms with Crippen molar-refractivity contribution in [3.8, 4) is 5.75 Å². The lowest BCUT2D eigenvalue weighted by molar-refractivity contribution is -0.121. The lowest BCUT2D eigenvalue weighted by Crippen LogP contribution is -2.31. The third kappa shape index (κ3) is 4.51. The monoisotopic (exact) mass is 401 g/mol. The number of thioether (sulfide) groups is 1. The molecule has 0 aliphatic carbocycles. The maximum absolute atomic E-state index is 13.0. The molecule has 3 rings (SSSR count). The van der Waals surface area contributed by atoms with Gasteiger partial charge in [-0.25, -0.2) is 9.29 Å². The van der Waals surface area contributed by atoms with E-state index in [2.05, 4.69) is 10.3 Å². The third-order valence-corrected chi connectivity index (χ3v) is 5.22. The molecule has 1 aliphatic heterocycles. The molecule has 6 nitrogen and oxygen atoms in total. The van der Waals surface area contributed by atoms with Crippen LogP contribution in [-0.2, 0) is 9.59 Å². The number of halogens is 1. The van der Waals surface area contributed by atoms with Crippen LogP contribution >= 0.6 is 11.8 Å². The number of amidine groups is 1. The minimum Gasteiger partial charge on any atom is -0.494 e. The zero-order valence-corrected chi connectivity index (χ0v) is 16.3. The van der Waals surface area contributed by atoms with E-state index in [1.165, 1.54) is 28.8 Å². The molecule has 0 spiro atoms. The molecule has 8 heteroatoms. The number of carbonyl (C=O) groups is 2. The lowest BCUT2D eigenvalue weighted by atomic mass is 10.3. The summed E-state index contributed by atoms with van der Waals surface area (Å²) in [5.41, 5.74) is 1.16. The SMILES string of the molecule is CCOc1ccc(N2C(=O)C[C@H](SC(=NC)Nc3ccc(F)cc3)C2=O)cc1. The zero-order valence-electron chi connectivity index (χ0n) is 15.5. The van der Waals surface area contributed by atoms with Crippen LogP contribution in [0, 0.1) is 5.82 Å². The number of ether oxygens (including phenoxy) is 1. The first kappa shape index (κ1) is 19.9. The minimum atomic E-state index is -0.578. The number of carbonyl (C=O) groups excluding carboxylic acids is 2. The maximum Gasteiger partial charge on any atom is 0.247 e. The van der Waals surface area contributed by atoms with Gasteiger partial charge in [-0.3, -0.25) is 14.6 Å². The highest BCUT2D eigenvalue weighted by Crippen LogP contribution is 2.31. The van der Waals surface area contributed by atoms with E-state index >= 15 is 0 Å². The van der Waals surface area contributed by atoms with Gasteiger partial charge in [-0.05, 0) is 55.5 Å². The van der Waals surface area contributed by atoms with Gasteiger partial charge in [0.2, 0.25) is 11.8 Å². The van der Waals surface area contributed by atoms with E-state index in [1.54, 1.807) is 43.4 Å². The van der Waals surface area contributed by atoms with Crippen molar-refractivity contribution in [1.82, 2.24) is 0 Å². The van der Waals surface area contributed by atoms with Crippen LogP contribution < -0.4 is 15.0 Å². The van der Waals surface area contributed by atoms with Crippen molar-refractivity contribution in [2.45, 2.75) is 18.6 Å². The molecule has 2 aromatic carbocycles. The van der Waals surface area contributed by atoms with Crippen LogP contribution in [-0.4, -0.2) is 35.9 Å². The highest BCUT2D eigenvalue weighted by molar-refractivity contribution is 8.15. The molecule has 1 N–H and O–H groups in total. The van der Waals surface area contributed by atoms with Crippen LogP contribution in [0.1, 0.15) is 13.3 Å². The van der Waals surface area contributed by atoms with Crippen molar-refractivity contribution in [2.75, 3.05) is 23.9 Å². The van der Waals surface area contributed by atoms with Gasteiger partial charge >= 0.3 is 0 Å². The van der Waals surface area contributed by atoms with Crippen molar-refractivity contribution in [3.05, 3.63) is 54.3 Å². The Kier molecular flexibility index (Phi) is 6.30. The second-order valence-corrected chi connectivity index (χ2v) is 7.16. The zero-order chi connectivity index (χ0) is 20.1. The Bertz CT molecular complexity index is 885. The van der Waals surface area contributed by atoms with Crippen molar-refractivity contribution in [1.29, 1.82) is 0 Å². The number of benzene rings is 2. The number of hydrogen-bond donors (Lipinski definition) is 1. The molecular weight excluding hydrogens is 381 g/mol. The van der Waals surface area contributed by atoms with Crippen molar-refractivity contribution < 1.29 is 18.7 Å². The minimum absolute atomic E-state index is 0.0842. The van der Waals surface area contributed by atoms with Gasteiger partial charge in [0.05, 0.1) is 12.3 Å². The standard InChI is InChI=1S/C20H20FN3O3S/c1-3-27-16-10-8-15(9-11-16)24-18(25)12-17(19(24)26)28-20(22-2)23-14-6-4-13(21)5-7-14/h4-11,17H,3,12H2,1-2H3,(H,22,23)/t17-/m0/s1. The van der Waals surface area contributed by atoms with Gasteiger partial charge in [0.15, 0.2) is 5.17 Å². The molecule has 0 saturated carbocycles. The summed E-state index contributed by atoms with van der Waals surface area (Å²) in [6.45, 7) is 2.43. The Balaban J connectivity index is 1.69. The maximum atomic E-state index is 13.0. The smallest absolute Gasteiger partial charge is 0.247 e. The second kappa shape index (κ2) is 8.88. The molecule has 1 fully saturated rings. The number of nitrogens with zero attached hydrogens (tertiary/aromatic N) is 2. The van der Waals surface area contributed by atoms with Crippen LogP contribution in [0.2, 0.25) is 0 Å². The van der Waals surface area contributed by atoms with E-state index in [1.807, 2.05) is 6.92 Å². The summed E-state index contributed by atoms with van der Waals surface area (Å²) in [6, 6.07) is 12.7. The predicted molar refractivity (Wildman–Crippen MR) is 109 cm³/mol. The summed E-state index contributed by atoms with van der Waals surface area (Å²) in [5.74, 6) is -0.207. The molecule has 0 bridgehead atoms. The number of amides is 2. The molecule has 2 aromatic rings. The normalized spacial score (nSPS) is 17.2. The van der Waals surface area contributed by atoms with Crippen molar-refractivity contribution >= 4 is 40.1 Å². The highest BCUT2D eigenvalue weighted by Gasteiger charge is 2.40. The van der Waals surface area contributed by atoms with E-state index in [0.717, 1.165) is 0 Å². The lowest BCUT2D eigenvalue weighted by Gasteiger charge is -2.16. The molecule has 1 heterocycles. The van der Waals surface area contributed by atoms with Gasteiger partial charge in [0.1, 0.15) is 16.8 Å². The first-order valence-corrected chi connectivity index (χ1v) is 9.65. The molecular formula is C20H20FN3O3S. The highest BCUT2D eigenvalue weighted by atomic mass is 32.2. The van der Waals surface area contributed by atoms with Crippen LogP contribution in [0.3, 0.4) is 0 Å². The summed E-state index contributed by atoms with van der Waals surface area (Å²) in [4.78, 5) is 30.6. The average molecular weight is 401 g/mol. The summed E-state index contributed by atoms with van der Waals surface area (Å²) in [5, 5.41) is 2.94. The number of nitrogens with one attached hydrogen (secondary N) is 1. The Labute approximate surface area is 166 Å². The van der Waals surface area contributed by atoms with Gasteiger partial charge in [-0.2, -0.15) is 0 Å². The molecule has 2 amide bonds. The van der Waals surface area contributed by atoms with E-state index in [0.29, 0.717) is 28.9 Å². The number of anilines is 2. The fraction of sp³-hybridized carbons (Fsp3) is 0.250.